The Morgan fingerprint density at radius 2 is 1.80 bits per heavy atom. The van der Waals surface area contributed by atoms with Crippen LogP contribution in [0.1, 0.15) is 31.1 Å². The van der Waals surface area contributed by atoms with Crippen molar-refractivity contribution < 1.29 is 22.7 Å². The van der Waals surface area contributed by atoms with Crippen molar-refractivity contribution >= 4 is 33.4 Å². The molecule has 1 aliphatic heterocycles. The first-order valence-corrected chi connectivity index (χ1v) is 9.45. The molecule has 2 rings (SSSR count). The molecule has 138 valence electrons. The molecule has 1 saturated heterocycles. The molecule has 0 aromatic heterocycles. The minimum Gasteiger partial charge on any atom is -0.373 e. The van der Waals surface area contributed by atoms with Crippen molar-refractivity contribution in [3.63, 3.8) is 0 Å². The Bertz CT molecular complexity index is 773. The van der Waals surface area contributed by atoms with Gasteiger partial charge in [0.25, 0.3) is 5.91 Å². The van der Waals surface area contributed by atoms with Gasteiger partial charge in [-0.2, -0.15) is 4.31 Å². The molecule has 25 heavy (non-hydrogen) atoms. The maximum Gasteiger partial charge on any atom is 0.269 e. The highest BCUT2D eigenvalue weighted by molar-refractivity contribution is 7.89. The van der Waals surface area contributed by atoms with Gasteiger partial charge in [-0.1, -0.05) is 11.6 Å². The minimum atomic E-state index is -3.89. The smallest absolute Gasteiger partial charge is 0.269 e. The van der Waals surface area contributed by atoms with Crippen LogP contribution in [0.3, 0.4) is 0 Å². The van der Waals surface area contributed by atoms with Crippen molar-refractivity contribution in [3.8, 4) is 0 Å². The van der Waals surface area contributed by atoms with Crippen LogP contribution in [0.25, 0.3) is 0 Å². The standard InChI is InChI=1S/C15H20ClN3O5S/c1-9-7-19(8-10(2)24-9)25(22,23)14-6-12(4-5-13(14)16)15(21)18-17-11(3)20/h4-6,9-10H,7-8H2,1-3H3,(H,17,20)(H,18,21). The first kappa shape index (κ1) is 19.6. The van der Waals surface area contributed by atoms with Gasteiger partial charge in [-0.3, -0.25) is 20.4 Å². The number of nitrogens with zero attached hydrogens (tertiary/aromatic N) is 1. The molecular weight excluding hydrogens is 370 g/mol. The van der Waals surface area contributed by atoms with E-state index in [2.05, 4.69) is 10.9 Å². The Kier molecular flexibility index (Phi) is 6.04. The lowest BCUT2D eigenvalue weighted by Gasteiger charge is -2.34. The van der Waals surface area contributed by atoms with E-state index in [0.717, 1.165) is 0 Å². The third-order valence-electron chi connectivity index (χ3n) is 3.55. The van der Waals surface area contributed by atoms with Gasteiger partial charge >= 0.3 is 0 Å². The van der Waals surface area contributed by atoms with E-state index in [9.17, 15) is 18.0 Å². The molecule has 2 unspecified atom stereocenters. The number of rotatable bonds is 3. The SMILES string of the molecule is CC(=O)NNC(=O)c1ccc(Cl)c(S(=O)(=O)N2CC(C)OC(C)C2)c1. The predicted octanol–water partition coefficient (Wildman–Crippen LogP) is 0.919. The number of carbonyl (C=O) groups excluding carboxylic acids is 2. The Morgan fingerprint density at radius 1 is 1.20 bits per heavy atom. The van der Waals surface area contributed by atoms with Crippen LogP contribution in [0.15, 0.2) is 23.1 Å². The Morgan fingerprint density at radius 3 is 2.36 bits per heavy atom. The number of hydrazine groups is 1. The summed E-state index contributed by atoms with van der Waals surface area (Å²) in [6.07, 6.45) is -0.493. The number of sulfonamides is 1. The fraction of sp³-hybridized carbons (Fsp3) is 0.467. The van der Waals surface area contributed by atoms with Crippen molar-refractivity contribution in [2.24, 2.45) is 0 Å². The maximum absolute atomic E-state index is 12.9. The van der Waals surface area contributed by atoms with Crippen LogP contribution in [0.2, 0.25) is 5.02 Å². The fourth-order valence-corrected chi connectivity index (χ4v) is 4.62. The van der Waals surface area contributed by atoms with Crippen LogP contribution in [-0.2, 0) is 19.6 Å². The third-order valence-corrected chi connectivity index (χ3v) is 5.86. The summed E-state index contributed by atoms with van der Waals surface area (Å²) in [6.45, 7) is 5.21. The van der Waals surface area contributed by atoms with Gasteiger partial charge in [-0.15, -0.1) is 0 Å². The van der Waals surface area contributed by atoms with Crippen LogP contribution in [0.5, 0.6) is 0 Å². The van der Waals surface area contributed by atoms with E-state index in [0.29, 0.717) is 0 Å². The van der Waals surface area contributed by atoms with Gasteiger partial charge in [0.2, 0.25) is 15.9 Å². The number of morpholine rings is 1. The minimum absolute atomic E-state index is 0.0166. The molecule has 0 bridgehead atoms. The first-order chi connectivity index (χ1) is 11.6. The largest absolute Gasteiger partial charge is 0.373 e. The molecule has 1 aliphatic rings. The normalized spacial score (nSPS) is 21.6. The first-order valence-electron chi connectivity index (χ1n) is 7.63. The Labute approximate surface area is 151 Å². The van der Waals surface area contributed by atoms with Gasteiger partial charge in [-0.25, -0.2) is 8.42 Å². The molecule has 2 amide bonds. The van der Waals surface area contributed by atoms with E-state index in [1.54, 1.807) is 13.8 Å². The third kappa shape index (κ3) is 4.69. The molecule has 1 aromatic rings. The average molecular weight is 390 g/mol. The maximum atomic E-state index is 12.9. The molecule has 0 spiro atoms. The summed E-state index contributed by atoms with van der Waals surface area (Å²) >= 11 is 6.07. The van der Waals surface area contributed by atoms with Crippen LogP contribution in [-0.4, -0.2) is 49.8 Å². The monoisotopic (exact) mass is 389 g/mol. The second-order valence-corrected chi connectivity index (χ2v) is 8.17. The lowest BCUT2D eigenvalue weighted by Crippen LogP contribution is -2.48. The quantitative estimate of drug-likeness (QED) is 0.748. The van der Waals surface area contributed by atoms with E-state index >= 15 is 0 Å². The summed E-state index contributed by atoms with van der Waals surface area (Å²) in [7, 11) is -3.89. The Balaban J connectivity index is 2.32. The zero-order valence-corrected chi connectivity index (χ0v) is 15.6. The van der Waals surface area contributed by atoms with Crippen LogP contribution in [0.4, 0.5) is 0 Å². The molecule has 8 nitrogen and oxygen atoms in total. The molecule has 10 heteroatoms. The van der Waals surface area contributed by atoms with E-state index in [1.807, 2.05) is 0 Å². The summed E-state index contributed by atoms with van der Waals surface area (Å²) in [5.41, 5.74) is 4.39. The van der Waals surface area contributed by atoms with Crippen molar-refractivity contribution in [1.82, 2.24) is 15.2 Å². The molecule has 2 atom stereocenters. The molecule has 2 N–H and O–H groups in total. The second-order valence-electron chi connectivity index (χ2n) is 5.86. The zero-order valence-electron chi connectivity index (χ0n) is 14.1. The number of ether oxygens (including phenoxy) is 1. The van der Waals surface area contributed by atoms with E-state index in [1.165, 1.54) is 29.4 Å². The lowest BCUT2D eigenvalue weighted by atomic mass is 10.2. The van der Waals surface area contributed by atoms with E-state index < -0.39 is 21.8 Å². The van der Waals surface area contributed by atoms with Crippen LogP contribution < -0.4 is 10.9 Å². The highest BCUT2D eigenvalue weighted by Gasteiger charge is 2.33. The molecule has 0 saturated carbocycles. The van der Waals surface area contributed by atoms with Crippen LogP contribution in [0, 0.1) is 0 Å². The van der Waals surface area contributed by atoms with E-state index in [4.69, 9.17) is 16.3 Å². The van der Waals surface area contributed by atoms with Gasteiger partial charge in [0.05, 0.1) is 17.2 Å². The number of amides is 2. The molecule has 1 fully saturated rings. The number of halogens is 1. The number of nitrogens with one attached hydrogen (secondary N) is 2. The second kappa shape index (κ2) is 7.69. The van der Waals surface area contributed by atoms with Gasteiger partial charge in [-0.05, 0) is 32.0 Å². The van der Waals surface area contributed by atoms with E-state index in [-0.39, 0.29) is 40.8 Å². The molecule has 0 aliphatic carbocycles. The van der Waals surface area contributed by atoms with Crippen molar-refractivity contribution in [2.45, 2.75) is 37.9 Å². The van der Waals surface area contributed by atoms with Gasteiger partial charge < -0.3 is 4.74 Å². The lowest BCUT2D eigenvalue weighted by molar-refractivity contribution is -0.119. The summed E-state index contributed by atoms with van der Waals surface area (Å²) < 4.78 is 32.7. The van der Waals surface area contributed by atoms with Crippen molar-refractivity contribution in [1.29, 1.82) is 0 Å². The highest BCUT2D eigenvalue weighted by Crippen LogP contribution is 2.28. The van der Waals surface area contributed by atoms with Crippen molar-refractivity contribution in [3.05, 3.63) is 28.8 Å². The predicted molar refractivity (Wildman–Crippen MR) is 91.5 cm³/mol. The van der Waals surface area contributed by atoms with Gasteiger partial charge in [0.1, 0.15) is 4.90 Å². The highest BCUT2D eigenvalue weighted by atomic mass is 35.5. The molecule has 1 aromatic carbocycles. The number of benzene rings is 1. The number of hydrogen-bond acceptors (Lipinski definition) is 5. The summed E-state index contributed by atoms with van der Waals surface area (Å²) in [5, 5.41) is 0.0166. The molecular formula is C15H20ClN3O5S. The Hall–Kier alpha value is -1.68. The van der Waals surface area contributed by atoms with Crippen molar-refractivity contribution in [2.75, 3.05) is 13.1 Å². The fourth-order valence-electron chi connectivity index (χ4n) is 2.53. The van der Waals surface area contributed by atoms with Crippen LogP contribution >= 0.6 is 11.6 Å². The summed E-state index contributed by atoms with van der Waals surface area (Å²) in [5.74, 6) is -1.10. The number of hydrogen-bond donors (Lipinski definition) is 2. The summed E-state index contributed by atoms with van der Waals surface area (Å²) in [4.78, 5) is 22.7. The summed E-state index contributed by atoms with van der Waals surface area (Å²) in [6, 6.07) is 3.91. The zero-order chi connectivity index (χ0) is 18.8. The van der Waals surface area contributed by atoms with Gasteiger partial charge in [0, 0.05) is 25.6 Å². The molecule has 1 heterocycles. The molecule has 0 radical (unpaired) electrons. The average Bonchev–Trinajstić information content (AvgIpc) is 2.51. The topological polar surface area (TPSA) is 105 Å². The number of carbonyl (C=O) groups is 2. The van der Waals surface area contributed by atoms with Gasteiger partial charge in [0.15, 0.2) is 0 Å².